The fourth-order valence-electron chi connectivity index (χ4n) is 5.27. The predicted octanol–water partition coefficient (Wildman–Crippen LogP) is 1.31. The van der Waals surface area contributed by atoms with Crippen molar-refractivity contribution < 1.29 is 23.9 Å². The molecule has 0 unspecified atom stereocenters. The summed E-state index contributed by atoms with van der Waals surface area (Å²) >= 11 is 0. The molecule has 2 aromatic rings. The van der Waals surface area contributed by atoms with E-state index in [4.69, 9.17) is 20.2 Å². The maximum atomic E-state index is 12.9. The van der Waals surface area contributed by atoms with Crippen molar-refractivity contribution in [2.75, 3.05) is 37.6 Å². The van der Waals surface area contributed by atoms with Gasteiger partial charge in [0.15, 0.2) is 5.60 Å². The molecule has 5 rings (SSSR count). The number of aryl methyl sites for hydroxylation is 1. The molecule has 13 heteroatoms. The van der Waals surface area contributed by atoms with Crippen molar-refractivity contribution in [1.29, 1.82) is 0 Å². The maximum absolute atomic E-state index is 12.9. The lowest BCUT2D eigenvalue weighted by molar-refractivity contribution is -0.0789. The van der Waals surface area contributed by atoms with E-state index in [1.165, 1.54) is 0 Å². The number of anilines is 1. The first-order chi connectivity index (χ1) is 17.9. The van der Waals surface area contributed by atoms with Crippen molar-refractivity contribution in [3.05, 3.63) is 35.5 Å². The number of rotatable bonds is 5. The molecule has 2 N–H and O–H groups in total. The Morgan fingerprint density at radius 3 is 2.66 bits per heavy atom. The number of piperidine rings is 1. The molecule has 5 heterocycles. The van der Waals surface area contributed by atoms with Crippen molar-refractivity contribution in [1.82, 2.24) is 29.5 Å². The third kappa shape index (κ3) is 5.22. The third-order valence-corrected chi connectivity index (χ3v) is 6.96. The number of carbonyl (C=O) groups is 3. The number of hydrogen-bond acceptors (Lipinski definition) is 9. The monoisotopic (exact) mass is 526 g/mol. The molecule has 3 aliphatic rings. The van der Waals surface area contributed by atoms with Gasteiger partial charge in [-0.05, 0) is 39.2 Å². The van der Waals surface area contributed by atoms with Crippen LogP contribution in [0.25, 0.3) is 0 Å². The number of primary amides is 1. The number of hydrogen-bond donors (Lipinski definition) is 1. The smallest absolute Gasteiger partial charge is 0.410 e. The van der Waals surface area contributed by atoms with Gasteiger partial charge in [-0.25, -0.2) is 19.6 Å². The highest BCUT2D eigenvalue weighted by Crippen LogP contribution is 2.36. The van der Waals surface area contributed by atoms with Crippen LogP contribution >= 0.6 is 0 Å². The Morgan fingerprint density at radius 1 is 1.24 bits per heavy atom. The molecule has 204 valence electrons. The lowest BCUT2D eigenvalue weighted by atomic mass is 9.93. The fourth-order valence-corrected chi connectivity index (χ4v) is 5.27. The van der Waals surface area contributed by atoms with Gasteiger partial charge >= 0.3 is 12.2 Å². The standard InChI is InChI=1S/C25H34N8O5/c1-24(2,3)37-22(35)32-13-25(14-32)15-33(23(36)38-25)17-6-5-7-31(12-17)19-10-27-20(21(26)34)18(29-19)8-16-9-28-30(4)11-16/h9-11,17H,5-8,12-15H2,1-4H3,(H2,26,34)/t17-/m0/s1. The third-order valence-electron chi connectivity index (χ3n) is 6.96. The van der Waals surface area contributed by atoms with Gasteiger partial charge in [0.05, 0.1) is 43.8 Å². The van der Waals surface area contributed by atoms with E-state index in [-0.39, 0.29) is 17.8 Å². The Balaban J connectivity index is 1.26. The summed E-state index contributed by atoms with van der Waals surface area (Å²) in [7, 11) is 1.82. The highest BCUT2D eigenvalue weighted by Gasteiger charge is 2.57. The normalized spacial score (nSPS) is 20.9. The zero-order chi connectivity index (χ0) is 27.2. The Bertz CT molecular complexity index is 1250. The van der Waals surface area contributed by atoms with E-state index < -0.39 is 23.2 Å². The minimum absolute atomic E-state index is 0.0782. The number of likely N-dealkylation sites (tertiary alicyclic amines) is 1. The van der Waals surface area contributed by atoms with Crippen LogP contribution in [0.15, 0.2) is 18.6 Å². The van der Waals surface area contributed by atoms with Crippen LogP contribution in [0.2, 0.25) is 0 Å². The summed E-state index contributed by atoms with van der Waals surface area (Å²) in [4.78, 5) is 51.7. The van der Waals surface area contributed by atoms with E-state index in [9.17, 15) is 14.4 Å². The summed E-state index contributed by atoms with van der Waals surface area (Å²) in [5, 5.41) is 4.18. The van der Waals surface area contributed by atoms with Gasteiger partial charge in [0.1, 0.15) is 17.1 Å². The van der Waals surface area contributed by atoms with Gasteiger partial charge in [0, 0.05) is 32.8 Å². The van der Waals surface area contributed by atoms with Crippen LogP contribution in [0.3, 0.4) is 0 Å². The highest BCUT2D eigenvalue weighted by molar-refractivity contribution is 5.92. The van der Waals surface area contributed by atoms with Gasteiger partial charge in [-0.3, -0.25) is 19.3 Å². The molecule has 0 aromatic carbocycles. The summed E-state index contributed by atoms with van der Waals surface area (Å²) in [6, 6.07) is -0.0782. The molecular formula is C25H34N8O5. The highest BCUT2D eigenvalue weighted by atomic mass is 16.6. The van der Waals surface area contributed by atoms with Crippen LogP contribution in [-0.4, -0.2) is 97.6 Å². The van der Waals surface area contributed by atoms with E-state index in [1.54, 1.807) is 26.9 Å². The summed E-state index contributed by atoms with van der Waals surface area (Å²) in [6.07, 6.45) is 6.41. The Kier molecular flexibility index (Phi) is 6.40. The van der Waals surface area contributed by atoms with Crippen molar-refractivity contribution in [3.8, 4) is 0 Å². The second kappa shape index (κ2) is 9.44. The van der Waals surface area contributed by atoms with Gasteiger partial charge in [-0.1, -0.05) is 0 Å². The van der Waals surface area contributed by atoms with E-state index in [0.29, 0.717) is 44.1 Å². The summed E-state index contributed by atoms with van der Waals surface area (Å²) in [5.74, 6) is -0.00823. The lowest BCUT2D eigenvalue weighted by Gasteiger charge is -2.45. The van der Waals surface area contributed by atoms with E-state index in [1.807, 2.05) is 34.0 Å². The quantitative estimate of drug-likeness (QED) is 0.608. The Hall–Kier alpha value is -3.90. The van der Waals surface area contributed by atoms with Crippen LogP contribution < -0.4 is 10.6 Å². The van der Waals surface area contributed by atoms with Gasteiger partial charge in [0.25, 0.3) is 5.91 Å². The zero-order valence-corrected chi connectivity index (χ0v) is 22.2. The van der Waals surface area contributed by atoms with Crippen LogP contribution in [0.1, 0.15) is 55.4 Å². The van der Waals surface area contributed by atoms with Gasteiger partial charge in [0.2, 0.25) is 0 Å². The molecule has 38 heavy (non-hydrogen) atoms. The average Bonchev–Trinajstić information content (AvgIpc) is 3.39. The second-order valence-corrected chi connectivity index (χ2v) is 11.3. The van der Waals surface area contributed by atoms with Crippen LogP contribution in [0, 0.1) is 0 Å². The number of nitrogens with two attached hydrogens (primary N) is 1. The van der Waals surface area contributed by atoms with Crippen LogP contribution in [0.4, 0.5) is 15.4 Å². The second-order valence-electron chi connectivity index (χ2n) is 11.3. The molecule has 0 saturated carbocycles. The van der Waals surface area contributed by atoms with Crippen molar-refractivity contribution in [2.24, 2.45) is 12.8 Å². The van der Waals surface area contributed by atoms with Gasteiger partial charge in [-0.2, -0.15) is 5.10 Å². The molecule has 13 nitrogen and oxygen atoms in total. The molecule has 0 aliphatic carbocycles. The molecular weight excluding hydrogens is 492 g/mol. The first-order valence-corrected chi connectivity index (χ1v) is 12.8. The molecule has 1 spiro atoms. The maximum Gasteiger partial charge on any atom is 0.410 e. The Labute approximate surface area is 220 Å². The first-order valence-electron chi connectivity index (χ1n) is 12.8. The first kappa shape index (κ1) is 25.7. The summed E-state index contributed by atoms with van der Waals surface area (Å²) < 4.78 is 12.9. The molecule has 2 aromatic heterocycles. The zero-order valence-electron chi connectivity index (χ0n) is 22.2. The number of carbonyl (C=O) groups excluding carboxylic acids is 3. The van der Waals surface area contributed by atoms with Crippen LogP contribution in [0.5, 0.6) is 0 Å². The molecule has 1 atom stereocenters. The summed E-state index contributed by atoms with van der Waals surface area (Å²) in [5.41, 5.74) is 5.79. The average molecular weight is 527 g/mol. The minimum atomic E-state index is -0.698. The van der Waals surface area contributed by atoms with E-state index in [2.05, 4.69) is 15.0 Å². The number of aromatic nitrogens is 4. The minimum Gasteiger partial charge on any atom is -0.444 e. The van der Waals surface area contributed by atoms with Crippen molar-refractivity contribution in [2.45, 2.75) is 57.3 Å². The van der Waals surface area contributed by atoms with Crippen LogP contribution in [-0.2, 0) is 22.9 Å². The van der Waals surface area contributed by atoms with E-state index in [0.717, 1.165) is 24.9 Å². The predicted molar refractivity (Wildman–Crippen MR) is 136 cm³/mol. The Morgan fingerprint density at radius 2 is 2.00 bits per heavy atom. The van der Waals surface area contributed by atoms with Crippen molar-refractivity contribution in [3.63, 3.8) is 0 Å². The molecule has 0 radical (unpaired) electrons. The number of nitrogens with zero attached hydrogens (tertiary/aromatic N) is 7. The van der Waals surface area contributed by atoms with E-state index >= 15 is 0 Å². The fraction of sp³-hybridized carbons (Fsp3) is 0.600. The largest absolute Gasteiger partial charge is 0.444 e. The SMILES string of the molecule is Cn1cc(Cc2nc(N3CCC[C@H](N4CC5(CN(C(=O)OC(C)(C)C)C5)OC4=O)C3)cnc2C(N)=O)cn1. The van der Waals surface area contributed by atoms with Gasteiger partial charge in [-0.15, -0.1) is 0 Å². The number of ether oxygens (including phenoxy) is 2. The molecule has 3 fully saturated rings. The van der Waals surface area contributed by atoms with Crippen molar-refractivity contribution >= 4 is 23.9 Å². The number of amides is 3. The molecule has 3 aliphatic heterocycles. The molecule has 0 bridgehead atoms. The topological polar surface area (TPSA) is 149 Å². The lowest BCUT2D eigenvalue weighted by Crippen LogP contribution is -2.66. The summed E-state index contributed by atoms with van der Waals surface area (Å²) in [6.45, 7) is 7.81. The van der Waals surface area contributed by atoms with Gasteiger partial charge < -0.3 is 20.1 Å². The molecule has 3 saturated heterocycles. The molecule has 3 amide bonds.